The number of hydrogen-bond acceptors (Lipinski definition) is 8. The lowest BCUT2D eigenvalue weighted by Gasteiger charge is -2.37. The molecule has 1 unspecified atom stereocenters. The summed E-state index contributed by atoms with van der Waals surface area (Å²) < 4.78 is 6.63. The largest absolute Gasteiger partial charge is 0.381 e. The Labute approximate surface area is 283 Å². The summed E-state index contributed by atoms with van der Waals surface area (Å²) in [4.78, 5) is 68.5. The first-order chi connectivity index (χ1) is 23.1. The minimum atomic E-state index is -1.55. The Morgan fingerprint density at radius 2 is 1.73 bits per heavy atom. The summed E-state index contributed by atoms with van der Waals surface area (Å²) in [7, 11) is 0. The molecule has 12 nitrogen and oxygen atoms in total. The number of ether oxygens (including phenoxy) is 1. The Bertz CT molecular complexity index is 1750. The molecule has 2 aromatic carbocycles. The molecule has 3 aromatic rings. The molecule has 6 rings (SSSR count). The van der Waals surface area contributed by atoms with Gasteiger partial charge >= 0.3 is 0 Å². The highest BCUT2D eigenvalue weighted by atomic mass is 35.5. The minimum Gasteiger partial charge on any atom is -0.381 e. The first-order valence-corrected chi connectivity index (χ1v) is 17.1. The monoisotopic (exact) mass is 676 g/mol. The Morgan fingerprint density at radius 3 is 2.46 bits per heavy atom. The number of nitrogens with two attached hydrogens (primary N) is 1. The normalized spacial score (nSPS) is 21.8. The van der Waals surface area contributed by atoms with E-state index in [1.165, 1.54) is 28.1 Å². The summed E-state index contributed by atoms with van der Waals surface area (Å²) in [6, 6.07) is 14.2. The van der Waals surface area contributed by atoms with Crippen molar-refractivity contribution in [3.05, 3.63) is 70.1 Å². The van der Waals surface area contributed by atoms with Crippen LogP contribution in [0.1, 0.15) is 63.8 Å². The second kappa shape index (κ2) is 14.4. The Kier molecular flexibility index (Phi) is 10.1. The third-order valence-electron chi connectivity index (χ3n) is 10.1. The fourth-order valence-electron chi connectivity index (χ4n) is 7.49. The molecule has 3 fully saturated rings. The van der Waals surface area contributed by atoms with E-state index >= 15 is 0 Å². The number of amides is 3. The van der Waals surface area contributed by atoms with Gasteiger partial charge in [-0.25, -0.2) is 4.68 Å². The molecule has 254 valence electrons. The Balaban J connectivity index is 1.34. The van der Waals surface area contributed by atoms with E-state index in [1.54, 1.807) is 0 Å². The van der Waals surface area contributed by atoms with Gasteiger partial charge < -0.3 is 26.0 Å². The lowest BCUT2D eigenvalue weighted by Crippen LogP contribution is -2.63. The highest BCUT2D eigenvalue weighted by Gasteiger charge is 2.49. The summed E-state index contributed by atoms with van der Waals surface area (Å²) in [5, 5.41) is 12.7. The van der Waals surface area contributed by atoms with Crippen molar-refractivity contribution in [1.29, 1.82) is 0 Å². The summed E-state index contributed by atoms with van der Waals surface area (Å²) in [6.07, 6.45) is 6.13. The number of ketones is 1. The average molecular weight is 677 g/mol. The molecule has 2 aliphatic heterocycles. The first kappa shape index (κ1) is 33.6. The van der Waals surface area contributed by atoms with Crippen LogP contribution >= 0.6 is 11.6 Å². The van der Waals surface area contributed by atoms with E-state index in [0.29, 0.717) is 12.3 Å². The SMILES string of the molecule is NC(=O)C(=O)C1(NC(=O)[C@@H]2C[C@H](n3nc(Cl)ccc3=O)CN2C(=O)C(CC2CCCCC2)Nc2ccc3ccccc3c2)CCOCC1. The zero-order valence-corrected chi connectivity index (χ0v) is 27.5. The molecule has 0 bridgehead atoms. The minimum absolute atomic E-state index is 0.0185. The van der Waals surface area contributed by atoms with Crippen LogP contribution in [0.4, 0.5) is 5.69 Å². The quantitative estimate of drug-likeness (QED) is 0.275. The van der Waals surface area contributed by atoms with E-state index < -0.39 is 46.8 Å². The van der Waals surface area contributed by atoms with E-state index in [9.17, 15) is 24.0 Å². The number of Topliss-reactive ketones (excluding diaryl/α,β-unsaturated/α-hetero) is 1. The van der Waals surface area contributed by atoms with E-state index in [1.807, 2.05) is 42.5 Å². The number of aromatic nitrogens is 2. The van der Waals surface area contributed by atoms with Crippen molar-refractivity contribution in [2.24, 2.45) is 11.7 Å². The Hall–Kier alpha value is -4.29. The number of carbonyl (C=O) groups excluding carboxylic acids is 4. The highest BCUT2D eigenvalue weighted by molar-refractivity contribution is 6.39. The second-order valence-corrected chi connectivity index (χ2v) is 13.6. The fourth-order valence-corrected chi connectivity index (χ4v) is 7.63. The number of rotatable bonds is 10. The third-order valence-corrected chi connectivity index (χ3v) is 10.3. The van der Waals surface area contributed by atoms with Crippen LogP contribution in [-0.2, 0) is 23.9 Å². The molecular weight excluding hydrogens is 636 g/mol. The summed E-state index contributed by atoms with van der Waals surface area (Å²) in [5.74, 6) is -2.65. The van der Waals surface area contributed by atoms with Gasteiger partial charge in [-0.15, -0.1) is 0 Å². The fraction of sp³-hybridized carbons (Fsp3) is 0.486. The van der Waals surface area contributed by atoms with Gasteiger partial charge in [0.2, 0.25) is 17.6 Å². The van der Waals surface area contributed by atoms with Gasteiger partial charge in [-0.2, -0.15) is 5.10 Å². The van der Waals surface area contributed by atoms with Crippen LogP contribution < -0.4 is 21.9 Å². The number of fused-ring (bicyclic) bond motifs is 1. The molecule has 13 heteroatoms. The van der Waals surface area contributed by atoms with Crippen LogP contribution in [0.2, 0.25) is 5.15 Å². The number of carbonyl (C=O) groups is 4. The molecule has 1 aromatic heterocycles. The molecule has 2 saturated heterocycles. The third kappa shape index (κ3) is 7.24. The molecule has 3 atom stereocenters. The standard InChI is InChI=1S/C35H41ClN6O6/c36-29-12-13-30(43)42(40-29)26-20-28(33(46)39-35(31(44)32(37)45)14-16-48-17-15-35)41(21-26)34(47)27(18-22-6-2-1-3-7-22)38-25-11-10-23-8-4-5-9-24(23)19-25/h4-5,8-13,19,22,26-28,38H,1-3,6-7,14-18,20-21H2,(H2,37,45)(H,39,46)/t26-,27?,28-/m0/s1. The van der Waals surface area contributed by atoms with Crippen molar-refractivity contribution in [3.8, 4) is 0 Å². The molecule has 3 heterocycles. The number of halogens is 1. The number of benzene rings is 2. The van der Waals surface area contributed by atoms with Gasteiger partial charge in [-0.05, 0) is 41.3 Å². The van der Waals surface area contributed by atoms with E-state index in [0.717, 1.165) is 42.1 Å². The number of hydrogen-bond donors (Lipinski definition) is 3. The second-order valence-electron chi connectivity index (χ2n) is 13.2. The number of likely N-dealkylation sites (tertiary alicyclic amines) is 1. The van der Waals surface area contributed by atoms with Gasteiger partial charge in [0.25, 0.3) is 11.5 Å². The molecular formula is C35H41ClN6O6. The Morgan fingerprint density at radius 1 is 1.00 bits per heavy atom. The van der Waals surface area contributed by atoms with Gasteiger partial charge in [0.05, 0.1) is 6.04 Å². The zero-order valence-electron chi connectivity index (χ0n) is 26.7. The molecule has 3 aliphatic rings. The van der Waals surface area contributed by atoms with Crippen LogP contribution in [0.3, 0.4) is 0 Å². The maximum absolute atomic E-state index is 14.7. The topological polar surface area (TPSA) is 166 Å². The molecule has 48 heavy (non-hydrogen) atoms. The van der Waals surface area contributed by atoms with Crippen molar-refractivity contribution in [2.75, 3.05) is 25.1 Å². The highest BCUT2D eigenvalue weighted by Crippen LogP contribution is 2.33. The van der Waals surface area contributed by atoms with Crippen LogP contribution in [0, 0.1) is 5.92 Å². The van der Waals surface area contributed by atoms with E-state index in [4.69, 9.17) is 22.1 Å². The summed E-state index contributed by atoms with van der Waals surface area (Å²) >= 11 is 6.16. The lowest BCUT2D eigenvalue weighted by atomic mass is 9.84. The van der Waals surface area contributed by atoms with Crippen molar-refractivity contribution >= 4 is 51.6 Å². The van der Waals surface area contributed by atoms with E-state index in [2.05, 4.69) is 15.7 Å². The number of nitrogens with one attached hydrogen (secondary N) is 2. The van der Waals surface area contributed by atoms with Gasteiger partial charge in [0, 0.05) is 50.8 Å². The molecule has 4 N–H and O–H groups in total. The average Bonchev–Trinajstić information content (AvgIpc) is 3.55. The predicted molar refractivity (Wildman–Crippen MR) is 180 cm³/mol. The van der Waals surface area contributed by atoms with Crippen LogP contribution in [-0.4, -0.2) is 75.6 Å². The molecule has 0 spiro atoms. The van der Waals surface area contributed by atoms with Crippen molar-refractivity contribution in [3.63, 3.8) is 0 Å². The zero-order chi connectivity index (χ0) is 33.8. The maximum Gasteiger partial charge on any atom is 0.287 e. The number of primary amides is 1. The summed E-state index contributed by atoms with van der Waals surface area (Å²) in [6.45, 7) is 0.316. The van der Waals surface area contributed by atoms with Gasteiger partial charge in [0.15, 0.2) is 0 Å². The van der Waals surface area contributed by atoms with Gasteiger partial charge in [-0.3, -0.25) is 24.0 Å². The lowest BCUT2D eigenvalue weighted by molar-refractivity contribution is -0.147. The first-order valence-electron chi connectivity index (χ1n) is 16.7. The van der Waals surface area contributed by atoms with Crippen LogP contribution in [0.15, 0.2) is 59.4 Å². The summed E-state index contributed by atoms with van der Waals surface area (Å²) in [5.41, 5.74) is 4.22. The maximum atomic E-state index is 14.7. The van der Waals surface area contributed by atoms with Gasteiger partial charge in [0.1, 0.15) is 22.8 Å². The number of anilines is 1. The van der Waals surface area contributed by atoms with Crippen molar-refractivity contribution in [1.82, 2.24) is 20.0 Å². The predicted octanol–water partition coefficient (Wildman–Crippen LogP) is 3.36. The van der Waals surface area contributed by atoms with Gasteiger partial charge in [-0.1, -0.05) is 74.0 Å². The van der Waals surface area contributed by atoms with Crippen LogP contribution in [0.25, 0.3) is 10.8 Å². The molecule has 0 radical (unpaired) electrons. The number of nitrogens with zero attached hydrogens (tertiary/aromatic N) is 3. The van der Waals surface area contributed by atoms with Crippen molar-refractivity contribution in [2.45, 2.75) is 81.5 Å². The van der Waals surface area contributed by atoms with Crippen molar-refractivity contribution < 1.29 is 23.9 Å². The van der Waals surface area contributed by atoms with Crippen LogP contribution in [0.5, 0.6) is 0 Å². The molecule has 1 aliphatic carbocycles. The molecule has 1 saturated carbocycles. The molecule has 3 amide bonds. The smallest absolute Gasteiger partial charge is 0.287 e. The van der Waals surface area contributed by atoms with E-state index in [-0.39, 0.29) is 50.1 Å².